The van der Waals surface area contributed by atoms with Crippen LogP contribution in [-0.2, 0) is 10.0 Å². The lowest BCUT2D eigenvalue weighted by Gasteiger charge is -2.11. The van der Waals surface area contributed by atoms with E-state index < -0.39 is 10.0 Å². The minimum absolute atomic E-state index is 0.0222. The number of hydrogen-bond acceptors (Lipinski definition) is 4. The number of nitrogens with two attached hydrogens (primary N) is 2. The molecule has 0 spiro atoms. The van der Waals surface area contributed by atoms with Crippen molar-refractivity contribution in [2.75, 3.05) is 11.1 Å². The van der Waals surface area contributed by atoms with E-state index in [9.17, 15) is 8.42 Å². The minimum Gasteiger partial charge on any atom is -0.399 e. The fourth-order valence-corrected chi connectivity index (χ4v) is 2.65. The Morgan fingerprint density at radius 3 is 2.26 bits per heavy atom. The van der Waals surface area contributed by atoms with Gasteiger partial charge in [-0.2, -0.15) is 0 Å². The van der Waals surface area contributed by atoms with Crippen molar-refractivity contribution in [3.05, 3.63) is 46.0 Å². The zero-order valence-corrected chi connectivity index (χ0v) is 12.8. The molecular formula is C12H12IN3O2S. The molecule has 7 heteroatoms. The normalized spacial score (nSPS) is 11.3. The van der Waals surface area contributed by atoms with E-state index in [1.165, 1.54) is 6.07 Å². The van der Waals surface area contributed by atoms with Crippen molar-refractivity contribution in [2.45, 2.75) is 4.90 Å². The monoisotopic (exact) mass is 389 g/mol. The van der Waals surface area contributed by atoms with E-state index >= 15 is 0 Å². The molecule has 0 aromatic heterocycles. The Morgan fingerprint density at radius 2 is 1.68 bits per heavy atom. The number of halogens is 1. The number of primary sulfonamides is 1. The summed E-state index contributed by atoms with van der Waals surface area (Å²) in [6, 6.07) is 12.1. The van der Waals surface area contributed by atoms with Crippen LogP contribution in [0.2, 0.25) is 0 Å². The van der Waals surface area contributed by atoms with Crippen LogP contribution in [0.25, 0.3) is 0 Å². The zero-order valence-electron chi connectivity index (χ0n) is 9.80. The third-order valence-corrected chi connectivity index (χ3v) is 4.11. The molecule has 0 heterocycles. The first kappa shape index (κ1) is 14.1. The van der Waals surface area contributed by atoms with Gasteiger partial charge in [-0.3, -0.25) is 0 Å². The number of rotatable bonds is 3. The third-order valence-electron chi connectivity index (χ3n) is 2.44. The van der Waals surface area contributed by atoms with Gasteiger partial charge in [-0.1, -0.05) is 0 Å². The molecule has 0 bridgehead atoms. The average Bonchev–Trinajstić information content (AvgIpc) is 2.33. The maximum absolute atomic E-state index is 11.5. The molecule has 2 rings (SSSR count). The Labute approximate surface area is 125 Å². The second-order valence-electron chi connectivity index (χ2n) is 3.93. The van der Waals surface area contributed by atoms with Crippen LogP contribution in [0.1, 0.15) is 0 Å². The first-order valence-electron chi connectivity index (χ1n) is 5.31. The molecule has 2 aromatic rings. The van der Waals surface area contributed by atoms with Gasteiger partial charge in [-0.05, 0) is 65.1 Å². The van der Waals surface area contributed by atoms with E-state index in [0.29, 0.717) is 11.4 Å². The standard InChI is InChI=1S/C12H12IN3O2S/c13-8-1-4-10(5-2-8)16-11-6-3-9(14)7-12(11)19(15,17)18/h1-7,16H,14H2,(H2,15,17,18). The fraction of sp³-hybridized carbons (Fsp3) is 0. The van der Waals surface area contributed by atoms with Gasteiger partial charge in [-0.25, -0.2) is 13.6 Å². The van der Waals surface area contributed by atoms with Crippen LogP contribution in [0.5, 0.6) is 0 Å². The van der Waals surface area contributed by atoms with E-state index in [-0.39, 0.29) is 4.90 Å². The lowest BCUT2D eigenvalue weighted by molar-refractivity contribution is 0.598. The smallest absolute Gasteiger partial charge is 0.240 e. The van der Waals surface area contributed by atoms with Crippen LogP contribution in [0.3, 0.4) is 0 Å². The molecule has 0 aliphatic rings. The van der Waals surface area contributed by atoms with Crippen LogP contribution < -0.4 is 16.2 Å². The maximum Gasteiger partial charge on any atom is 0.240 e. The highest BCUT2D eigenvalue weighted by molar-refractivity contribution is 14.1. The van der Waals surface area contributed by atoms with Crippen LogP contribution in [-0.4, -0.2) is 8.42 Å². The summed E-state index contributed by atoms with van der Waals surface area (Å²) in [7, 11) is -3.83. The van der Waals surface area contributed by atoms with Crippen LogP contribution in [0, 0.1) is 3.57 Å². The lowest BCUT2D eigenvalue weighted by Crippen LogP contribution is -2.14. The Bertz CT molecular complexity index is 699. The summed E-state index contributed by atoms with van der Waals surface area (Å²) in [6.07, 6.45) is 0. The molecule has 0 atom stereocenters. The number of nitrogen functional groups attached to an aromatic ring is 1. The van der Waals surface area contributed by atoms with E-state index in [1.807, 2.05) is 24.3 Å². The SMILES string of the molecule is Nc1ccc(Nc2ccc(I)cc2)c(S(N)(=O)=O)c1. The van der Waals surface area contributed by atoms with Gasteiger partial charge < -0.3 is 11.1 Å². The molecule has 100 valence electrons. The van der Waals surface area contributed by atoms with E-state index in [4.69, 9.17) is 10.9 Å². The van der Waals surface area contributed by atoms with Gasteiger partial charge in [-0.15, -0.1) is 0 Å². The highest BCUT2D eigenvalue weighted by atomic mass is 127. The molecule has 0 aliphatic heterocycles. The Balaban J connectivity index is 2.43. The van der Waals surface area contributed by atoms with E-state index in [1.54, 1.807) is 12.1 Å². The van der Waals surface area contributed by atoms with Crippen molar-refractivity contribution in [1.82, 2.24) is 0 Å². The molecule has 0 aliphatic carbocycles. The van der Waals surface area contributed by atoms with Crippen molar-refractivity contribution < 1.29 is 8.42 Å². The molecule has 0 saturated heterocycles. The van der Waals surface area contributed by atoms with E-state index in [0.717, 1.165) is 9.26 Å². The second kappa shape index (κ2) is 5.35. The molecule has 5 N–H and O–H groups in total. The highest BCUT2D eigenvalue weighted by Gasteiger charge is 2.14. The molecule has 0 radical (unpaired) electrons. The van der Waals surface area contributed by atoms with Crippen LogP contribution >= 0.6 is 22.6 Å². The molecule has 0 unspecified atom stereocenters. The van der Waals surface area contributed by atoms with Gasteiger partial charge in [0, 0.05) is 14.9 Å². The Kier molecular flexibility index (Phi) is 3.97. The summed E-state index contributed by atoms with van der Waals surface area (Å²) in [5, 5.41) is 8.20. The molecule has 19 heavy (non-hydrogen) atoms. The zero-order chi connectivity index (χ0) is 14.0. The first-order valence-corrected chi connectivity index (χ1v) is 7.94. The van der Waals surface area contributed by atoms with Crippen LogP contribution in [0.4, 0.5) is 17.1 Å². The summed E-state index contributed by atoms with van der Waals surface area (Å²) in [5.41, 5.74) is 7.11. The molecule has 0 amide bonds. The predicted molar refractivity (Wildman–Crippen MR) is 84.7 cm³/mol. The molecule has 2 aromatic carbocycles. The molecule has 0 saturated carbocycles. The number of anilines is 3. The number of nitrogens with one attached hydrogen (secondary N) is 1. The molecule has 0 fully saturated rings. The molecule has 5 nitrogen and oxygen atoms in total. The Hall–Kier alpha value is -1.32. The van der Waals surface area contributed by atoms with Gasteiger partial charge in [0.2, 0.25) is 10.0 Å². The van der Waals surface area contributed by atoms with Gasteiger partial charge in [0.1, 0.15) is 4.90 Å². The minimum atomic E-state index is -3.83. The summed E-state index contributed by atoms with van der Waals surface area (Å²) in [6.45, 7) is 0. The lowest BCUT2D eigenvalue weighted by atomic mass is 10.2. The number of benzene rings is 2. The quantitative estimate of drug-likeness (QED) is 0.554. The number of sulfonamides is 1. The summed E-state index contributed by atoms with van der Waals surface area (Å²) in [5.74, 6) is 0. The summed E-state index contributed by atoms with van der Waals surface area (Å²) >= 11 is 2.19. The van der Waals surface area contributed by atoms with Crippen molar-refractivity contribution in [2.24, 2.45) is 5.14 Å². The van der Waals surface area contributed by atoms with Gasteiger partial charge in [0.05, 0.1) is 5.69 Å². The topological polar surface area (TPSA) is 98.2 Å². The number of hydrogen-bond donors (Lipinski definition) is 3. The van der Waals surface area contributed by atoms with E-state index in [2.05, 4.69) is 27.9 Å². The molecular weight excluding hydrogens is 377 g/mol. The summed E-state index contributed by atoms with van der Waals surface area (Å²) < 4.78 is 24.2. The van der Waals surface area contributed by atoms with Crippen molar-refractivity contribution in [3.8, 4) is 0 Å². The maximum atomic E-state index is 11.5. The fourth-order valence-electron chi connectivity index (χ4n) is 1.57. The largest absolute Gasteiger partial charge is 0.399 e. The van der Waals surface area contributed by atoms with Gasteiger partial charge >= 0.3 is 0 Å². The van der Waals surface area contributed by atoms with Crippen LogP contribution in [0.15, 0.2) is 47.4 Å². The predicted octanol–water partition coefficient (Wildman–Crippen LogP) is 2.26. The van der Waals surface area contributed by atoms with Gasteiger partial charge in [0.25, 0.3) is 0 Å². The van der Waals surface area contributed by atoms with Crippen molar-refractivity contribution in [1.29, 1.82) is 0 Å². The Morgan fingerprint density at radius 1 is 1.05 bits per heavy atom. The van der Waals surface area contributed by atoms with Crippen molar-refractivity contribution >= 4 is 49.7 Å². The van der Waals surface area contributed by atoms with Gasteiger partial charge in [0.15, 0.2) is 0 Å². The first-order chi connectivity index (χ1) is 8.86. The second-order valence-corrected chi connectivity index (χ2v) is 6.71. The van der Waals surface area contributed by atoms with Crippen molar-refractivity contribution in [3.63, 3.8) is 0 Å². The summed E-state index contributed by atoms with van der Waals surface area (Å²) in [4.78, 5) is -0.0222. The average molecular weight is 389 g/mol. The highest BCUT2D eigenvalue weighted by Crippen LogP contribution is 2.26. The third kappa shape index (κ3) is 3.58.